The van der Waals surface area contributed by atoms with Gasteiger partial charge in [-0.3, -0.25) is 19.6 Å². The number of hydrogen-bond acceptors (Lipinski definition) is 10. The van der Waals surface area contributed by atoms with Gasteiger partial charge in [0.05, 0.1) is 13.2 Å². The van der Waals surface area contributed by atoms with Crippen molar-refractivity contribution in [3.8, 4) is 23.0 Å². The molecule has 0 spiro atoms. The SMILES string of the molecule is CCOc1ccc(CN2CCN(C[C@H](O)COc3ccc(OC[C@@H](O)CN4CCN(Cc5ccc(OCC)cc5)CC4)cc3)CC2)cc1. The van der Waals surface area contributed by atoms with Crippen molar-refractivity contribution in [2.45, 2.75) is 39.1 Å². The van der Waals surface area contributed by atoms with Gasteiger partial charge in [-0.2, -0.15) is 0 Å². The molecule has 0 aliphatic carbocycles. The molecule has 262 valence electrons. The third-order valence-electron chi connectivity index (χ3n) is 8.86. The van der Waals surface area contributed by atoms with Gasteiger partial charge in [-0.25, -0.2) is 0 Å². The van der Waals surface area contributed by atoms with Crippen molar-refractivity contribution in [1.82, 2.24) is 19.6 Å². The van der Waals surface area contributed by atoms with Crippen molar-refractivity contribution in [1.29, 1.82) is 0 Å². The van der Waals surface area contributed by atoms with E-state index in [9.17, 15) is 10.2 Å². The molecule has 2 heterocycles. The molecule has 3 aromatic rings. The number of ether oxygens (including phenoxy) is 4. The molecule has 2 atom stereocenters. The smallest absolute Gasteiger partial charge is 0.119 e. The highest BCUT2D eigenvalue weighted by molar-refractivity contribution is 5.31. The van der Waals surface area contributed by atoms with E-state index in [1.165, 1.54) is 11.1 Å². The van der Waals surface area contributed by atoms with Crippen molar-refractivity contribution in [2.75, 3.05) is 91.9 Å². The van der Waals surface area contributed by atoms with Gasteiger partial charge in [0.1, 0.15) is 48.4 Å². The fraction of sp³-hybridized carbons (Fsp3) is 0.526. The number of aliphatic hydroxyl groups excluding tert-OH is 2. The molecule has 10 heteroatoms. The summed E-state index contributed by atoms with van der Waals surface area (Å²) in [6.07, 6.45) is -1.13. The molecule has 0 aromatic heterocycles. The molecule has 0 amide bonds. The van der Waals surface area contributed by atoms with Gasteiger partial charge in [0, 0.05) is 78.5 Å². The summed E-state index contributed by atoms with van der Waals surface area (Å²) < 4.78 is 22.8. The molecule has 5 rings (SSSR count). The number of hydrogen-bond donors (Lipinski definition) is 2. The van der Waals surface area contributed by atoms with Crippen molar-refractivity contribution in [2.24, 2.45) is 0 Å². The number of β-amino-alcohol motifs (C(OH)–C–C–N with tert-alkyl or cyclic N) is 2. The second kappa shape index (κ2) is 19.0. The van der Waals surface area contributed by atoms with Gasteiger partial charge in [-0.1, -0.05) is 24.3 Å². The Hall–Kier alpha value is -3.38. The number of rotatable bonds is 18. The van der Waals surface area contributed by atoms with Gasteiger partial charge < -0.3 is 29.2 Å². The minimum absolute atomic E-state index is 0.235. The number of nitrogens with zero attached hydrogens (tertiary/aromatic N) is 4. The Balaban J connectivity index is 0.917. The first-order valence-corrected chi connectivity index (χ1v) is 17.5. The van der Waals surface area contributed by atoms with Crippen LogP contribution in [0.3, 0.4) is 0 Å². The summed E-state index contributed by atoms with van der Waals surface area (Å²) in [5.41, 5.74) is 2.57. The lowest BCUT2D eigenvalue weighted by molar-refractivity contribution is 0.0437. The summed E-state index contributed by atoms with van der Waals surface area (Å²) in [5, 5.41) is 21.2. The average molecular weight is 663 g/mol. The van der Waals surface area contributed by atoms with E-state index in [1.807, 2.05) is 62.4 Å². The van der Waals surface area contributed by atoms with Crippen LogP contribution < -0.4 is 18.9 Å². The lowest BCUT2D eigenvalue weighted by Crippen LogP contribution is -2.48. The van der Waals surface area contributed by atoms with Crippen LogP contribution in [0.2, 0.25) is 0 Å². The first-order valence-electron chi connectivity index (χ1n) is 17.5. The molecule has 2 fully saturated rings. The minimum Gasteiger partial charge on any atom is -0.494 e. The van der Waals surface area contributed by atoms with Crippen molar-refractivity contribution in [3.05, 3.63) is 83.9 Å². The molecular weight excluding hydrogens is 608 g/mol. The fourth-order valence-corrected chi connectivity index (χ4v) is 6.21. The number of benzene rings is 3. The monoisotopic (exact) mass is 662 g/mol. The molecule has 0 radical (unpaired) electrons. The molecule has 0 unspecified atom stereocenters. The van der Waals surface area contributed by atoms with E-state index in [0.29, 0.717) is 37.8 Å². The first-order chi connectivity index (χ1) is 23.4. The van der Waals surface area contributed by atoms with Gasteiger partial charge in [-0.05, 0) is 73.5 Å². The molecule has 10 nitrogen and oxygen atoms in total. The Bertz CT molecular complexity index is 1210. The maximum Gasteiger partial charge on any atom is 0.119 e. The zero-order valence-corrected chi connectivity index (χ0v) is 28.7. The molecule has 0 bridgehead atoms. The summed E-state index contributed by atoms with van der Waals surface area (Å²) in [7, 11) is 0. The molecule has 2 N–H and O–H groups in total. The standard InChI is InChI=1S/C38H54N4O6/c1-3-45-35-9-5-31(6-10-35)25-39-17-21-41(22-18-39)27-33(43)29-47-37-13-15-38(16-14-37)48-30-34(44)28-42-23-19-40(20-24-42)26-32-7-11-36(12-8-32)46-4-2/h5-16,33-34,43-44H,3-4,17-30H2,1-2H3/t33-,34-/m0/s1. The van der Waals surface area contributed by atoms with Crippen molar-refractivity contribution >= 4 is 0 Å². The van der Waals surface area contributed by atoms with Gasteiger partial charge in [-0.15, -0.1) is 0 Å². The third kappa shape index (κ3) is 11.9. The Morgan fingerprint density at radius 2 is 0.750 bits per heavy atom. The largest absolute Gasteiger partial charge is 0.494 e. The fourth-order valence-electron chi connectivity index (χ4n) is 6.21. The summed E-state index contributed by atoms with van der Waals surface area (Å²) in [6, 6.07) is 24.1. The molecule has 48 heavy (non-hydrogen) atoms. The summed E-state index contributed by atoms with van der Waals surface area (Å²) in [6.45, 7) is 16.4. The number of aliphatic hydroxyl groups is 2. The van der Waals surface area contributed by atoms with Crippen LogP contribution in [0.4, 0.5) is 0 Å². The van der Waals surface area contributed by atoms with E-state index in [1.54, 1.807) is 0 Å². The van der Waals surface area contributed by atoms with Gasteiger partial charge in [0.15, 0.2) is 0 Å². The van der Waals surface area contributed by atoms with Gasteiger partial charge in [0.25, 0.3) is 0 Å². The molecule has 2 aliphatic heterocycles. The van der Waals surface area contributed by atoms with E-state index < -0.39 is 12.2 Å². The Kier molecular flexibility index (Phi) is 14.2. The maximum atomic E-state index is 10.6. The zero-order chi connectivity index (χ0) is 33.6. The predicted octanol–water partition coefficient (Wildman–Crippen LogP) is 3.60. The van der Waals surface area contributed by atoms with E-state index in [-0.39, 0.29) is 13.2 Å². The van der Waals surface area contributed by atoms with Gasteiger partial charge in [0.2, 0.25) is 0 Å². The summed E-state index contributed by atoms with van der Waals surface area (Å²) in [5.74, 6) is 3.20. The topological polar surface area (TPSA) is 90.3 Å². The molecule has 2 saturated heterocycles. The Labute approximate surface area is 286 Å². The average Bonchev–Trinajstić information content (AvgIpc) is 3.10. The highest BCUT2D eigenvalue weighted by Crippen LogP contribution is 2.19. The van der Waals surface area contributed by atoms with Crippen LogP contribution in [0, 0.1) is 0 Å². The van der Waals surface area contributed by atoms with Crippen LogP contribution in [0.5, 0.6) is 23.0 Å². The van der Waals surface area contributed by atoms with Crippen LogP contribution in [0.15, 0.2) is 72.8 Å². The van der Waals surface area contributed by atoms with E-state index >= 15 is 0 Å². The maximum absolute atomic E-state index is 10.6. The zero-order valence-electron chi connectivity index (χ0n) is 28.7. The van der Waals surface area contributed by atoms with Crippen LogP contribution in [-0.4, -0.2) is 134 Å². The summed E-state index contributed by atoms with van der Waals surface area (Å²) in [4.78, 5) is 9.50. The van der Waals surface area contributed by atoms with Crippen molar-refractivity contribution < 1.29 is 29.2 Å². The molecule has 3 aromatic carbocycles. The predicted molar refractivity (Wildman–Crippen MR) is 188 cm³/mol. The molecule has 0 saturated carbocycles. The van der Waals surface area contributed by atoms with E-state index in [0.717, 1.165) is 76.9 Å². The normalized spacial score (nSPS) is 17.9. The van der Waals surface area contributed by atoms with Crippen LogP contribution in [0.1, 0.15) is 25.0 Å². The Morgan fingerprint density at radius 3 is 1.08 bits per heavy atom. The lowest BCUT2D eigenvalue weighted by atomic mass is 10.2. The third-order valence-corrected chi connectivity index (χ3v) is 8.86. The Morgan fingerprint density at radius 1 is 0.458 bits per heavy atom. The van der Waals surface area contributed by atoms with Crippen molar-refractivity contribution in [3.63, 3.8) is 0 Å². The second-order valence-corrected chi connectivity index (χ2v) is 12.7. The molecular formula is C38H54N4O6. The van der Waals surface area contributed by atoms with E-state index in [2.05, 4.69) is 43.9 Å². The van der Waals surface area contributed by atoms with Crippen LogP contribution in [0.25, 0.3) is 0 Å². The summed E-state index contributed by atoms with van der Waals surface area (Å²) >= 11 is 0. The highest BCUT2D eigenvalue weighted by Gasteiger charge is 2.21. The number of piperazine rings is 2. The van der Waals surface area contributed by atoms with Gasteiger partial charge >= 0.3 is 0 Å². The lowest BCUT2D eigenvalue weighted by Gasteiger charge is -2.35. The molecule has 2 aliphatic rings. The second-order valence-electron chi connectivity index (χ2n) is 12.7. The van der Waals surface area contributed by atoms with Crippen LogP contribution >= 0.6 is 0 Å². The van der Waals surface area contributed by atoms with Crippen LogP contribution in [-0.2, 0) is 13.1 Å². The van der Waals surface area contributed by atoms with E-state index in [4.69, 9.17) is 18.9 Å². The highest BCUT2D eigenvalue weighted by atomic mass is 16.5. The quantitative estimate of drug-likeness (QED) is 0.211. The minimum atomic E-state index is -0.567. The first kappa shape index (κ1) is 35.9.